The molecule has 9 heteroatoms. The van der Waals surface area contributed by atoms with Crippen molar-refractivity contribution in [1.29, 1.82) is 0 Å². The summed E-state index contributed by atoms with van der Waals surface area (Å²) in [4.78, 5) is 29.4. The number of benzene rings is 2. The number of fused-ring (bicyclic) bond motifs is 1. The predicted molar refractivity (Wildman–Crippen MR) is 138 cm³/mol. The van der Waals surface area contributed by atoms with Crippen molar-refractivity contribution in [2.75, 3.05) is 12.4 Å². The monoisotopic (exact) mass is 485 g/mol. The number of nitrogens with zero attached hydrogens (tertiary/aromatic N) is 3. The second-order valence-electron chi connectivity index (χ2n) is 8.13. The number of rotatable bonds is 6. The highest BCUT2D eigenvalue weighted by atomic mass is 32.1. The van der Waals surface area contributed by atoms with Crippen molar-refractivity contribution in [1.82, 2.24) is 19.7 Å². The van der Waals surface area contributed by atoms with Crippen molar-refractivity contribution in [3.63, 3.8) is 0 Å². The molecule has 1 amide bonds. The Labute approximate surface area is 205 Å². The maximum atomic E-state index is 12.7. The molecule has 0 saturated carbocycles. The average molecular weight is 486 g/mol. The molecule has 0 fully saturated rings. The highest BCUT2D eigenvalue weighted by Crippen LogP contribution is 2.32. The van der Waals surface area contributed by atoms with Gasteiger partial charge in [-0.1, -0.05) is 18.2 Å². The molecule has 0 aliphatic heterocycles. The summed E-state index contributed by atoms with van der Waals surface area (Å²) in [6.07, 6.45) is 0.0260. The summed E-state index contributed by atoms with van der Waals surface area (Å²) in [5, 5.41) is 13.0. The van der Waals surface area contributed by atoms with E-state index in [1.54, 1.807) is 25.3 Å². The number of aromatic amines is 1. The van der Waals surface area contributed by atoms with E-state index < -0.39 is 0 Å². The van der Waals surface area contributed by atoms with Crippen LogP contribution in [0.3, 0.4) is 0 Å². The first-order chi connectivity index (χ1) is 16.9. The molecule has 8 nitrogen and oxygen atoms in total. The van der Waals surface area contributed by atoms with Crippen molar-refractivity contribution in [2.24, 2.45) is 0 Å². The summed E-state index contributed by atoms with van der Waals surface area (Å²) < 4.78 is 7.43. The molecule has 0 radical (unpaired) electrons. The van der Waals surface area contributed by atoms with Crippen molar-refractivity contribution in [3.05, 3.63) is 87.4 Å². The van der Waals surface area contributed by atoms with E-state index >= 15 is 0 Å². The normalized spacial score (nSPS) is 11.1. The molecule has 0 aliphatic carbocycles. The Kier molecular flexibility index (Phi) is 5.92. The number of thiazole rings is 1. The Bertz CT molecular complexity index is 1600. The molecule has 2 N–H and O–H groups in total. The van der Waals surface area contributed by atoms with Gasteiger partial charge in [-0.3, -0.25) is 9.59 Å². The lowest BCUT2D eigenvalue weighted by Gasteiger charge is -2.10. The van der Waals surface area contributed by atoms with E-state index in [0.29, 0.717) is 21.6 Å². The number of hydrogen-bond donors (Lipinski definition) is 2. The molecule has 5 rings (SSSR count). The second-order valence-corrected chi connectivity index (χ2v) is 8.98. The van der Waals surface area contributed by atoms with Gasteiger partial charge in [0.05, 0.1) is 30.3 Å². The van der Waals surface area contributed by atoms with Crippen LogP contribution < -0.4 is 15.6 Å². The number of H-pyrrole nitrogens is 1. The third-order valence-corrected chi connectivity index (χ3v) is 6.65. The van der Waals surface area contributed by atoms with Gasteiger partial charge in [0.1, 0.15) is 5.75 Å². The van der Waals surface area contributed by atoms with E-state index in [9.17, 15) is 9.59 Å². The van der Waals surface area contributed by atoms with Gasteiger partial charge in [-0.25, -0.2) is 10.1 Å². The lowest BCUT2D eigenvalue weighted by atomic mass is 10.1. The van der Waals surface area contributed by atoms with Crippen LogP contribution in [0.1, 0.15) is 17.1 Å². The molecule has 0 atom stereocenters. The lowest BCUT2D eigenvalue weighted by molar-refractivity contribution is -0.115. The number of methoxy groups -OCH3 is 1. The highest BCUT2D eigenvalue weighted by Gasteiger charge is 2.17. The van der Waals surface area contributed by atoms with Crippen LogP contribution in [0, 0.1) is 13.8 Å². The Morgan fingerprint density at radius 3 is 2.60 bits per heavy atom. The van der Waals surface area contributed by atoms with Crippen LogP contribution in [0.2, 0.25) is 0 Å². The molecule has 176 valence electrons. The van der Waals surface area contributed by atoms with Gasteiger partial charge in [0.25, 0.3) is 5.56 Å². The zero-order valence-corrected chi connectivity index (χ0v) is 20.3. The first kappa shape index (κ1) is 22.5. The van der Waals surface area contributed by atoms with E-state index in [4.69, 9.17) is 4.74 Å². The Balaban J connectivity index is 1.36. The van der Waals surface area contributed by atoms with Gasteiger partial charge in [-0.15, -0.1) is 11.3 Å². The van der Waals surface area contributed by atoms with Gasteiger partial charge in [0.2, 0.25) is 5.91 Å². The first-order valence-electron chi connectivity index (χ1n) is 11.0. The van der Waals surface area contributed by atoms with Gasteiger partial charge >= 0.3 is 0 Å². The van der Waals surface area contributed by atoms with Crippen molar-refractivity contribution in [3.8, 4) is 22.7 Å². The van der Waals surface area contributed by atoms with E-state index in [1.807, 2.05) is 35.7 Å². The van der Waals surface area contributed by atoms with Crippen LogP contribution in [0.5, 0.6) is 5.75 Å². The van der Waals surface area contributed by atoms with Gasteiger partial charge in [-0.2, -0.15) is 5.10 Å². The van der Waals surface area contributed by atoms with E-state index in [0.717, 1.165) is 34.1 Å². The third-order valence-electron chi connectivity index (χ3n) is 5.89. The maximum Gasteiger partial charge on any atom is 0.272 e. The SMILES string of the molecule is COc1ccc(-n2c(C)cc(-c3csc(NC(=O)Cc4n[nH]c(=O)c5ccccc45)n3)c2C)cc1. The standard InChI is InChI=1S/C26H23N5O3S/c1-15-12-21(16(2)31(15)17-8-10-18(34-3)11-9-17)23-14-35-26(27-23)28-24(32)13-22-19-6-4-5-7-20(19)25(33)30-29-22/h4-12,14H,13H2,1-3H3,(H,30,33)(H,27,28,32). The molecule has 0 aliphatic rings. The molecular formula is C26H23N5O3S. The average Bonchev–Trinajstić information content (AvgIpc) is 3.44. The number of aryl methyl sites for hydroxylation is 1. The fourth-order valence-electron chi connectivity index (χ4n) is 4.23. The molecule has 3 aromatic heterocycles. The summed E-state index contributed by atoms with van der Waals surface area (Å²) in [6, 6.07) is 17.1. The molecule has 0 saturated heterocycles. The minimum atomic E-state index is -0.276. The fraction of sp³-hybridized carbons (Fsp3) is 0.154. The molecule has 5 aromatic rings. The van der Waals surface area contributed by atoms with Gasteiger partial charge < -0.3 is 14.6 Å². The molecule has 35 heavy (non-hydrogen) atoms. The molecule has 3 heterocycles. The zero-order chi connectivity index (χ0) is 24.5. The fourth-order valence-corrected chi connectivity index (χ4v) is 4.95. The van der Waals surface area contributed by atoms with Gasteiger partial charge in [-0.05, 0) is 50.2 Å². The van der Waals surface area contributed by atoms with Crippen LogP contribution in [0.4, 0.5) is 5.13 Å². The van der Waals surface area contributed by atoms with E-state index in [1.165, 1.54) is 11.3 Å². The minimum absolute atomic E-state index is 0.0260. The topological polar surface area (TPSA) is 102 Å². The molecule has 0 unspecified atom stereocenters. The number of carbonyl (C=O) groups is 1. The molecule has 2 aromatic carbocycles. The van der Waals surface area contributed by atoms with Crippen molar-refractivity contribution >= 4 is 33.1 Å². The number of carbonyl (C=O) groups excluding carboxylic acids is 1. The summed E-state index contributed by atoms with van der Waals surface area (Å²) >= 11 is 1.37. The summed E-state index contributed by atoms with van der Waals surface area (Å²) in [5.41, 5.74) is 5.21. The summed E-state index contributed by atoms with van der Waals surface area (Å²) in [6.45, 7) is 4.11. The lowest BCUT2D eigenvalue weighted by Crippen LogP contribution is -2.18. The van der Waals surface area contributed by atoms with Gasteiger partial charge in [0, 0.05) is 33.4 Å². The number of amides is 1. The largest absolute Gasteiger partial charge is 0.497 e. The molecule has 0 bridgehead atoms. The van der Waals surface area contributed by atoms with Crippen LogP contribution in [-0.4, -0.2) is 32.8 Å². The van der Waals surface area contributed by atoms with Crippen molar-refractivity contribution < 1.29 is 9.53 Å². The van der Waals surface area contributed by atoms with E-state index in [-0.39, 0.29) is 17.9 Å². The number of hydrogen-bond acceptors (Lipinski definition) is 6. The van der Waals surface area contributed by atoms with Crippen LogP contribution in [0.25, 0.3) is 27.7 Å². The number of ether oxygens (including phenoxy) is 1. The zero-order valence-electron chi connectivity index (χ0n) is 19.5. The Hall–Kier alpha value is -4.24. The maximum absolute atomic E-state index is 12.7. The number of aromatic nitrogens is 4. The molecular weight excluding hydrogens is 462 g/mol. The van der Waals surface area contributed by atoms with Crippen LogP contribution >= 0.6 is 11.3 Å². The Morgan fingerprint density at radius 1 is 1.11 bits per heavy atom. The molecule has 0 spiro atoms. The second kappa shape index (κ2) is 9.19. The third kappa shape index (κ3) is 4.33. The first-order valence-corrected chi connectivity index (χ1v) is 11.9. The van der Waals surface area contributed by atoms with Crippen LogP contribution in [0.15, 0.2) is 64.8 Å². The number of anilines is 1. The quantitative estimate of drug-likeness (QED) is 0.365. The van der Waals surface area contributed by atoms with Gasteiger partial charge in [0.15, 0.2) is 5.13 Å². The predicted octanol–water partition coefficient (Wildman–Crippen LogP) is 4.64. The minimum Gasteiger partial charge on any atom is -0.497 e. The smallest absolute Gasteiger partial charge is 0.272 e. The number of nitrogens with one attached hydrogen (secondary N) is 2. The summed E-state index contributed by atoms with van der Waals surface area (Å²) in [5.74, 6) is 0.556. The highest BCUT2D eigenvalue weighted by molar-refractivity contribution is 7.14. The van der Waals surface area contributed by atoms with E-state index in [2.05, 4.69) is 45.0 Å². The van der Waals surface area contributed by atoms with Crippen LogP contribution in [-0.2, 0) is 11.2 Å². The van der Waals surface area contributed by atoms with Crippen molar-refractivity contribution in [2.45, 2.75) is 20.3 Å². The Morgan fingerprint density at radius 2 is 1.86 bits per heavy atom. The summed E-state index contributed by atoms with van der Waals surface area (Å²) in [7, 11) is 1.65.